The molecule has 1 aliphatic rings. The van der Waals surface area contributed by atoms with E-state index in [1.165, 1.54) is 9.80 Å². The van der Waals surface area contributed by atoms with Crippen LogP contribution in [0.2, 0.25) is 0 Å². The van der Waals surface area contributed by atoms with Crippen LogP contribution in [-0.2, 0) is 4.79 Å². The minimum absolute atomic E-state index is 0.186. The summed E-state index contributed by atoms with van der Waals surface area (Å²) in [7, 11) is 0. The number of hydrogen-bond acceptors (Lipinski definition) is 4. The SMILES string of the molecule is CCN1C(=O)S/C(=C/c2ccc(SC)cc2)C1=O. The van der Waals surface area contributed by atoms with E-state index in [4.69, 9.17) is 0 Å². The molecule has 94 valence electrons. The first-order chi connectivity index (χ1) is 8.65. The number of rotatable bonds is 3. The fraction of sp³-hybridized carbons (Fsp3) is 0.231. The van der Waals surface area contributed by atoms with Crippen LogP contribution in [0.25, 0.3) is 6.08 Å². The molecule has 2 rings (SSSR count). The van der Waals surface area contributed by atoms with Crippen LogP contribution in [0.5, 0.6) is 0 Å². The molecule has 0 unspecified atom stereocenters. The highest BCUT2D eigenvalue weighted by Gasteiger charge is 2.33. The molecule has 0 aromatic heterocycles. The molecule has 1 saturated heterocycles. The summed E-state index contributed by atoms with van der Waals surface area (Å²) in [5.41, 5.74) is 0.939. The van der Waals surface area contributed by atoms with Crippen LogP contribution in [0, 0.1) is 0 Å². The monoisotopic (exact) mass is 279 g/mol. The summed E-state index contributed by atoms with van der Waals surface area (Å²) in [5, 5.41) is -0.186. The number of thioether (sulfide) groups is 2. The fourth-order valence-corrected chi connectivity index (χ4v) is 2.94. The van der Waals surface area contributed by atoms with Gasteiger partial charge in [-0.05, 0) is 48.7 Å². The molecule has 0 bridgehead atoms. The highest BCUT2D eigenvalue weighted by Crippen LogP contribution is 2.32. The van der Waals surface area contributed by atoms with Crippen LogP contribution in [-0.4, -0.2) is 28.8 Å². The molecule has 5 heteroatoms. The molecule has 1 fully saturated rings. The van der Waals surface area contributed by atoms with E-state index < -0.39 is 0 Å². The second kappa shape index (κ2) is 5.63. The molecule has 0 radical (unpaired) electrons. The molecule has 0 saturated carbocycles. The molecule has 0 spiro atoms. The zero-order chi connectivity index (χ0) is 13.1. The van der Waals surface area contributed by atoms with Gasteiger partial charge in [-0.3, -0.25) is 14.5 Å². The zero-order valence-corrected chi connectivity index (χ0v) is 11.8. The van der Waals surface area contributed by atoms with Crippen LogP contribution in [0.4, 0.5) is 4.79 Å². The molecule has 0 aliphatic carbocycles. The molecule has 1 heterocycles. The predicted molar refractivity (Wildman–Crippen MR) is 76.6 cm³/mol. The number of amides is 2. The normalized spacial score (nSPS) is 17.9. The molecule has 0 N–H and O–H groups in total. The van der Waals surface area contributed by atoms with E-state index in [1.807, 2.05) is 30.5 Å². The van der Waals surface area contributed by atoms with E-state index >= 15 is 0 Å². The van der Waals surface area contributed by atoms with Gasteiger partial charge in [0.1, 0.15) is 0 Å². The van der Waals surface area contributed by atoms with Gasteiger partial charge in [-0.1, -0.05) is 12.1 Å². The van der Waals surface area contributed by atoms with Gasteiger partial charge in [0.05, 0.1) is 4.91 Å². The number of carbonyl (C=O) groups excluding carboxylic acids is 2. The van der Waals surface area contributed by atoms with Crippen LogP contribution < -0.4 is 0 Å². The van der Waals surface area contributed by atoms with E-state index in [2.05, 4.69) is 0 Å². The Morgan fingerprint density at radius 2 is 1.94 bits per heavy atom. The van der Waals surface area contributed by atoms with Crippen molar-refractivity contribution >= 4 is 40.7 Å². The molecule has 3 nitrogen and oxygen atoms in total. The van der Waals surface area contributed by atoms with Gasteiger partial charge in [0, 0.05) is 11.4 Å². The first kappa shape index (κ1) is 13.2. The summed E-state index contributed by atoms with van der Waals surface area (Å²) in [5.74, 6) is -0.193. The van der Waals surface area contributed by atoms with Crippen LogP contribution in [0.15, 0.2) is 34.1 Å². The van der Waals surface area contributed by atoms with Gasteiger partial charge in [0.25, 0.3) is 11.1 Å². The van der Waals surface area contributed by atoms with Gasteiger partial charge in [-0.2, -0.15) is 0 Å². The topological polar surface area (TPSA) is 37.4 Å². The fourth-order valence-electron chi connectivity index (χ4n) is 1.62. The summed E-state index contributed by atoms with van der Waals surface area (Å²) in [6.45, 7) is 2.22. The maximum Gasteiger partial charge on any atom is 0.293 e. The standard InChI is InChI=1S/C13H13NO2S2/c1-3-14-12(15)11(18-13(14)16)8-9-4-6-10(17-2)7-5-9/h4-8H,3H2,1-2H3/b11-8+. The first-order valence-corrected chi connectivity index (χ1v) is 7.59. The van der Waals surface area contributed by atoms with Crippen molar-refractivity contribution in [1.82, 2.24) is 4.90 Å². The van der Waals surface area contributed by atoms with Crippen molar-refractivity contribution in [2.45, 2.75) is 11.8 Å². The van der Waals surface area contributed by atoms with Crippen molar-refractivity contribution in [1.29, 1.82) is 0 Å². The quantitative estimate of drug-likeness (QED) is 0.627. The predicted octanol–water partition coefficient (Wildman–Crippen LogP) is 3.46. The van der Waals surface area contributed by atoms with Gasteiger partial charge in [-0.25, -0.2) is 0 Å². The lowest BCUT2D eigenvalue weighted by molar-refractivity contribution is -0.122. The lowest BCUT2D eigenvalue weighted by Gasteiger charge is -2.06. The van der Waals surface area contributed by atoms with Crippen molar-refractivity contribution in [2.24, 2.45) is 0 Å². The Balaban J connectivity index is 2.23. The number of imide groups is 1. The Morgan fingerprint density at radius 1 is 1.28 bits per heavy atom. The number of benzene rings is 1. The molecule has 2 amide bonds. The van der Waals surface area contributed by atoms with E-state index in [0.717, 1.165) is 17.3 Å². The Bertz CT molecular complexity index is 508. The number of carbonyl (C=O) groups is 2. The zero-order valence-electron chi connectivity index (χ0n) is 10.2. The molecular formula is C13H13NO2S2. The number of likely N-dealkylation sites (N-methyl/N-ethyl adjacent to an activating group) is 1. The third-order valence-corrected chi connectivity index (χ3v) is 4.25. The second-order valence-electron chi connectivity index (χ2n) is 3.70. The summed E-state index contributed by atoms with van der Waals surface area (Å²) >= 11 is 2.67. The molecule has 1 aromatic carbocycles. The highest BCUT2D eigenvalue weighted by molar-refractivity contribution is 8.18. The average Bonchev–Trinajstić information content (AvgIpc) is 2.65. The van der Waals surface area contributed by atoms with Gasteiger partial charge in [0.2, 0.25) is 0 Å². The summed E-state index contributed by atoms with van der Waals surface area (Å²) in [6.07, 6.45) is 3.78. The maximum absolute atomic E-state index is 11.9. The summed E-state index contributed by atoms with van der Waals surface area (Å²) in [6, 6.07) is 7.90. The van der Waals surface area contributed by atoms with E-state index in [1.54, 1.807) is 24.8 Å². The molecule has 1 aliphatic heterocycles. The lowest BCUT2D eigenvalue weighted by atomic mass is 10.2. The van der Waals surface area contributed by atoms with Crippen molar-refractivity contribution in [3.05, 3.63) is 34.7 Å². The van der Waals surface area contributed by atoms with Gasteiger partial charge >= 0.3 is 0 Å². The minimum atomic E-state index is -0.193. The summed E-state index contributed by atoms with van der Waals surface area (Å²) < 4.78 is 0. The third-order valence-electron chi connectivity index (χ3n) is 2.60. The Hall–Kier alpha value is -1.20. The van der Waals surface area contributed by atoms with Gasteiger partial charge < -0.3 is 0 Å². The minimum Gasteiger partial charge on any atom is -0.269 e. The second-order valence-corrected chi connectivity index (χ2v) is 5.57. The Labute approximate surface area is 115 Å². The number of nitrogens with zero attached hydrogens (tertiary/aromatic N) is 1. The highest BCUT2D eigenvalue weighted by atomic mass is 32.2. The van der Waals surface area contributed by atoms with E-state index in [0.29, 0.717) is 11.4 Å². The Morgan fingerprint density at radius 3 is 2.44 bits per heavy atom. The third kappa shape index (κ3) is 2.62. The summed E-state index contributed by atoms with van der Waals surface area (Å²) in [4.78, 5) is 26.4. The maximum atomic E-state index is 11.9. The average molecular weight is 279 g/mol. The van der Waals surface area contributed by atoms with Crippen molar-refractivity contribution in [3.8, 4) is 0 Å². The Kier molecular flexibility index (Phi) is 4.14. The van der Waals surface area contributed by atoms with Crippen molar-refractivity contribution < 1.29 is 9.59 Å². The van der Waals surface area contributed by atoms with Crippen LogP contribution in [0.3, 0.4) is 0 Å². The van der Waals surface area contributed by atoms with Crippen LogP contribution >= 0.6 is 23.5 Å². The number of hydrogen-bond donors (Lipinski definition) is 0. The molecule has 18 heavy (non-hydrogen) atoms. The smallest absolute Gasteiger partial charge is 0.269 e. The first-order valence-electron chi connectivity index (χ1n) is 5.55. The van der Waals surface area contributed by atoms with E-state index in [9.17, 15) is 9.59 Å². The van der Waals surface area contributed by atoms with Crippen molar-refractivity contribution in [3.63, 3.8) is 0 Å². The van der Waals surface area contributed by atoms with Gasteiger partial charge in [-0.15, -0.1) is 11.8 Å². The van der Waals surface area contributed by atoms with Crippen LogP contribution in [0.1, 0.15) is 12.5 Å². The molecular weight excluding hydrogens is 266 g/mol. The lowest BCUT2D eigenvalue weighted by Crippen LogP contribution is -2.27. The molecule has 1 aromatic rings. The van der Waals surface area contributed by atoms with E-state index in [-0.39, 0.29) is 11.1 Å². The largest absolute Gasteiger partial charge is 0.293 e. The molecule has 0 atom stereocenters. The van der Waals surface area contributed by atoms with Crippen molar-refractivity contribution in [2.75, 3.05) is 12.8 Å². The van der Waals surface area contributed by atoms with Gasteiger partial charge in [0.15, 0.2) is 0 Å².